The van der Waals surface area contributed by atoms with Crippen LogP contribution in [-0.4, -0.2) is 28.1 Å². The topological polar surface area (TPSA) is 54.0 Å². The number of hydrogen-bond acceptors (Lipinski definition) is 3. The SMILES string of the molecule is CCSC1CCC(NC(=O)Nc2cccnc2Cl)C1. The lowest BCUT2D eigenvalue weighted by Crippen LogP contribution is -2.36. The summed E-state index contributed by atoms with van der Waals surface area (Å²) in [4.78, 5) is 15.8. The fourth-order valence-electron chi connectivity index (χ4n) is 2.28. The number of amides is 2. The van der Waals surface area contributed by atoms with Crippen LogP contribution in [0.25, 0.3) is 0 Å². The van der Waals surface area contributed by atoms with Gasteiger partial charge >= 0.3 is 6.03 Å². The summed E-state index contributed by atoms with van der Waals surface area (Å²) in [5.74, 6) is 1.13. The molecule has 2 unspecified atom stereocenters. The van der Waals surface area contributed by atoms with Gasteiger partial charge < -0.3 is 10.6 Å². The number of nitrogens with zero attached hydrogens (tertiary/aromatic N) is 1. The van der Waals surface area contributed by atoms with Crippen LogP contribution in [0.5, 0.6) is 0 Å². The lowest BCUT2D eigenvalue weighted by atomic mass is 10.2. The van der Waals surface area contributed by atoms with E-state index in [0.29, 0.717) is 16.1 Å². The van der Waals surface area contributed by atoms with E-state index in [-0.39, 0.29) is 12.1 Å². The van der Waals surface area contributed by atoms with Gasteiger partial charge in [0.05, 0.1) is 5.69 Å². The Hall–Kier alpha value is -0.940. The van der Waals surface area contributed by atoms with Crippen molar-refractivity contribution in [2.45, 2.75) is 37.5 Å². The first-order valence-electron chi connectivity index (χ1n) is 6.48. The van der Waals surface area contributed by atoms with Crippen LogP contribution in [0.4, 0.5) is 10.5 Å². The minimum atomic E-state index is -0.206. The van der Waals surface area contributed by atoms with E-state index in [4.69, 9.17) is 11.6 Å². The molecule has 2 amide bonds. The number of anilines is 1. The van der Waals surface area contributed by atoms with Crippen LogP contribution in [0.15, 0.2) is 18.3 Å². The van der Waals surface area contributed by atoms with Gasteiger partial charge in [0.15, 0.2) is 5.15 Å². The maximum absolute atomic E-state index is 11.9. The van der Waals surface area contributed by atoms with Gasteiger partial charge in [0.2, 0.25) is 0 Å². The second-order valence-corrected chi connectivity index (χ2v) is 6.46. The summed E-state index contributed by atoms with van der Waals surface area (Å²) in [5.41, 5.74) is 0.541. The van der Waals surface area contributed by atoms with E-state index >= 15 is 0 Å². The number of halogens is 1. The van der Waals surface area contributed by atoms with Gasteiger partial charge in [-0.2, -0.15) is 11.8 Å². The number of rotatable bonds is 4. The number of thioether (sulfide) groups is 1. The second kappa shape index (κ2) is 7.01. The molecule has 2 N–H and O–H groups in total. The van der Waals surface area contributed by atoms with Gasteiger partial charge in [-0.1, -0.05) is 18.5 Å². The fraction of sp³-hybridized carbons (Fsp3) is 0.538. The summed E-state index contributed by atoms with van der Waals surface area (Å²) in [7, 11) is 0. The highest BCUT2D eigenvalue weighted by molar-refractivity contribution is 7.99. The summed E-state index contributed by atoms with van der Waals surface area (Å²) in [6.45, 7) is 2.17. The van der Waals surface area contributed by atoms with Crippen molar-refractivity contribution in [2.24, 2.45) is 0 Å². The molecule has 0 aliphatic heterocycles. The molecule has 1 saturated carbocycles. The lowest BCUT2D eigenvalue weighted by molar-refractivity contribution is 0.248. The largest absolute Gasteiger partial charge is 0.335 e. The molecule has 0 radical (unpaired) electrons. The van der Waals surface area contributed by atoms with Crippen molar-refractivity contribution in [3.8, 4) is 0 Å². The first-order valence-corrected chi connectivity index (χ1v) is 7.91. The normalized spacial score (nSPS) is 22.2. The monoisotopic (exact) mass is 299 g/mol. The zero-order chi connectivity index (χ0) is 13.7. The first-order chi connectivity index (χ1) is 9.19. The van der Waals surface area contributed by atoms with E-state index in [1.165, 1.54) is 6.42 Å². The third-order valence-electron chi connectivity index (χ3n) is 3.13. The molecule has 104 valence electrons. The third-order valence-corrected chi connectivity index (χ3v) is 4.66. The molecule has 2 rings (SSSR count). The molecule has 1 aromatic heterocycles. The number of hydrogen-bond donors (Lipinski definition) is 2. The Morgan fingerprint density at radius 3 is 3.16 bits per heavy atom. The van der Waals surface area contributed by atoms with E-state index < -0.39 is 0 Å². The Kier molecular flexibility index (Phi) is 5.34. The van der Waals surface area contributed by atoms with Crippen LogP contribution in [0.3, 0.4) is 0 Å². The Morgan fingerprint density at radius 2 is 2.42 bits per heavy atom. The molecule has 4 nitrogen and oxygen atoms in total. The van der Waals surface area contributed by atoms with E-state index in [9.17, 15) is 4.79 Å². The van der Waals surface area contributed by atoms with Crippen molar-refractivity contribution >= 4 is 35.1 Å². The Balaban J connectivity index is 1.81. The van der Waals surface area contributed by atoms with Crippen molar-refractivity contribution in [1.82, 2.24) is 10.3 Å². The molecule has 1 fully saturated rings. The smallest absolute Gasteiger partial charge is 0.319 e. The number of urea groups is 1. The van der Waals surface area contributed by atoms with Gasteiger partial charge in [0.25, 0.3) is 0 Å². The van der Waals surface area contributed by atoms with Gasteiger partial charge in [-0.15, -0.1) is 0 Å². The molecule has 0 saturated heterocycles. The van der Waals surface area contributed by atoms with Gasteiger partial charge in [0.1, 0.15) is 0 Å². The average molecular weight is 300 g/mol. The minimum Gasteiger partial charge on any atom is -0.335 e. The second-order valence-electron chi connectivity index (χ2n) is 4.53. The molecule has 1 aliphatic rings. The molecule has 0 bridgehead atoms. The van der Waals surface area contributed by atoms with Crippen LogP contribution in [0.2, 0.25) is 5.15 Å². The number of carbonyl (C=O) groups excluding carboxylic acids is 1. The van der Waals surface area contributed by atoms with Gasteiger partial charge in [0, 0.05) is 17.5 Å². The highest BCUT2D eigenvalue weighted by Crippen LogP contribution is 2.29. The maximum atomic E-state index is 11.9. The summed E-state index contributed by atoms with van der Waals surface area (Å²) in [5, 5.41) is 6.71. The first kappa shape index (κ1) is 14.5. The third kappa shape index (κ3) is 4.28. The predicted octanol–water partition coefficient (Wildman–Crippen LogP) is 3.53. The Labute approximate surface area is 122 Å². The number of carbonyl (C=O) groups is 1. The molecule has 0 spiro atoms. The van der Waals surface area contributed by atoms with Crippen molar-refractivity contribution < 1.29 is 4.79 Å². The average Bonchev–Trinajstić information content (AvgIpc) is 2.80. The molecular weight excluding hydrogens is 282 g/mol. The van der Waals surface area contributed by atoms with Crippen molar-refractivity contribution in [3.05, 3.63) is 23.5 Å². The highest BCUT2D eigenvalue weighted by Gasteiger charge is 2.25. The minimum absolute atomic E-state index is 0.206. The summed E-state index contributed by atoms with van der Waals surface area (Å²) in [6.07, 6.45) is 4.87. The molecule has 2 atom stereocenters. The van der Waals surface area contributed by atoms with Crippen molar-refractivity contribution in [2.75, 3.05) is 11.1 Å². The number of aromatic nitrogens is 1. The van der Waals surface area contributed by atoms with Crippen LogP contribution >= 0.6 is 23.4 Å². The Bertz CT molecular complexity index is 444. The van der Waals surface area contributed by atoms with Crippen LogP contribution in [-0.2, 0) is 0 Å². The quantitative estimate of drug-likeness (QED) is 0.836. The van der Waals surface area contributed by atoms with Crippen molar-refractivity contribution in [3.63, 3.8) is 0 Å². The summed E-state index contributed by atoms with van der Waals surface area (Å²) < 4.78 is 0. The maximum Gasteiger partial charge on any atom is 0.319 e. The van der Waals surface area contributed by atoms with Gasteiger partial charge in [-0.05, 0) is 37.1 Å². The van der Waals surface area contributed by atoms with Crippen LogP contribution in [0.1, 0.15) is 26.2 Å². The van der Waals surface area contributed by atoms with E-state index in [1.807, 2.05) is 11.8 Å². The predicted molar refractivity (Wildman–Crippen MR) is 81.0 cm³/mol. The lowest BCUT2D eigenvalue weighted by Gasteiger charge is -2.14. The zero-order valence-corrected chi connectivity index (χ0v) is 12.4. The molecule has 19 heavy (non-hydrogen) atoms. The van der Waals surface area contributed by atoms with E-state index in [1.54, 1.807) is 18.3 Å². The Morgan fingerprint density at radius 1 is 1.58 bits per heavy atom. The summed E-state index contributed by atoms with van der Waals surface area (Å²) >= 11 is 7.87. The van der Waals surface area contributed by atoms with Crippen LogP contribution < -0.4 is 10.6 Å². The highest BCUT2D eigenvalue weighted by atomic mass is 35.5. The molecule has 1 heterocycles. The zero-order valence-electron chi connectivity index (χ0n) is 10.9. The van der Waals surface area contributed by atoms with Crippen molar-refractivity contribution in [1.29, 1.82) is 0 Å². The molecule has 0 aromatic carbocycles. The van der Waals surface area contributed by atoms with Gasteiger partial charge in [-0.25, -0.2) is 9.78 Å². The van der Waals surface area contributed by atoms with E-state index in [2.05, 4.69) is 22.5 Å². The number of pyridine rings is 1. The standard InChI is InChI=1S/C13H18ClN3OS/c1-2-19-10-6-5-9(8-10)16-13(18)17-11-4-3-7-15-12(11)14/h3-4,7,9-10H,2,5-6,8H2,1H3,(H2,16,17,18). The van der Waals surface area contributed by atoms with Crippen LogP contribution in [0, 0.1) is 0 Å². The molecular formula is C13H18ClN3OS. The molecule has 1 aliphatic carbocycles. The number of nitrogens with one attached hydrogen (secondary N) is 2. The fourth-order valence-corrected chi connectivity index (χ4v) is 3.59. The van der Waals surface area contributed by atoms with Gasteiger partial charge in [-0.3, -0.25) is 0 Å². The summed E-state index contributed by atoms with van der Waals surface area (Å²) in [6, 6.07) is 3.53. The molecule has 1 aromatic rings. The van der Waals surface area contributed by atoms with E-state index in [0.717, 1.165) is 18.6 Å². The molecule has 6 heteroatoms.